The van der Waals surface area contributed by atoms with Crippen molar-refractivity contribution < 1.29 is 37.8 Å². The van der Waals surface area contributed by atoms with Crippen LogP contribution in [-0.4, -0.2) is 43.6 Å². The molecule has 0 aliphatic heterocycles. The maximum atomic E-state index is 13.5. The average Bonchev–Trinajstić information content (AvgIpc) is 2.77. The van der Waals surface area contributed by atoms with Crippen LogP contribution in [-0.2, 0) is 20.3 Å². The van der Waals surface area contributed by atoms with Gasteiger partial charge in [-0.05, 0) is 18.2 Å². The molecule has 0 aliphatic rings. The van der Waals surface area contributed by atoms with E-state index in [9.17, 15) is 14.1 Å². The van der Waals surface area contributed by atoms with Gasteiger partial charge in [0.1, 0.15) is 17.2 Å². The van der Waals surface area contributed by atoms with Crippen LogP contribution in [0.2, 0.25) is 0 Å². The Hall–Kier alpha value is -3.30. The predicted molar refractivity (Wildman–Crippen MR) is 109 cm³/mol. The summed E-state index contributed by atoms with van der Waals surface area (Å²) in [5.41, 5.74) is 0. The summed E-state index contributed by atoms with van der Waals surface area (Å²) < 4.78 is 39.1. The minimum atomic E-state index is -1.77. The van der Waals surface area contributed by atoms with Gasteiger partial charge in [0.05, 0.1) is 35.3 Å². The van der Waals surface area contributed by atoms with Gasteiger partial charge in [0.25, 0.3) is 0 Å². The lowest BCUT2D eigenvalue weighted by Crippen LogP contribution is -2.10. The molecule has 158 valence electrons. The molecule has 0 fully saturated rings. The first-order valence-corrected chi connectivity index (χ1v) is 9.87. The Balaban J connectivity index is 2.35. The van der Waals surface area contributed by atoms with Gasteiger partial charge < -0.3 is 28.8 Å². The van der Waals surface area contributed by atoms with E-state index in [1.165, 1.54) is 20.3 Å². The van der Waals surface area contributed by atoms with E-state index in [0.29, 0.717) is 16.0 Å². The lowest BCUT2D eigenvalue weighted by atomic mass is 10.1. The van der Waals surface area contributed by atoms with E-state index in [-0.39, 0.29) is 34.3 Å². The van der Waals surface area contributed by atoms with Crippen molar-refractivity contribution in [2.75, 3.05) is 28.1 Å². The summed E-state index contributed by atoms with van der Waals surface area (Å²) in [6, 6.07) is 13.0. The highest BCUT2D eigenvalue weighted by Gasteiger charge is 2.25. The topological polar surface area (TPSA) is 101 Å². The molecule has 1 N–H and O–H groups in total. The van der Waals surface area contributed by atoms with E-state index in [2.05, 4.69) is 4.74 Å². The molecule has 3 aromatic carbocycles. The van der Waals surface area contributed by atoms with Gasteiger partial charge in [-0.2, -0.15) is 0 Å². The van der Waals surface area contributed by atoms with E-state index in [1.54, 1.807) is 42.5 Å². The second-order valence-electron chi connectivity index (χ2n) is 5.96. The van der Waals surface area contributed by atoms with Gasteiger partial charge in [0.15, 0.2) is 12.5 Å². The maximum Gasteiger partial charge on any atom is 0.513 e. The largest absolute Gasteiger partial charge is 0.513 e. The molecular weight excluding hydrogens is 412 g/mol. The molecular formula is C21H20O8S. The molecule has 30 heavy (non-hydrogen) atoms. The number of carbonyl (C=O) groups is 1. The molecule has 0 bridgehead atoms. The third-order valence-electron chi connectivity index (χ3n) is 4.14. The molecule has 0 spiro atoms. The number of rotatable bonds is 7. The number of ether oxygens (including phenoxy) is 5. The summed E-state index contributed by atoms with van der Waals surface area (Å²) in [5, 5.41) is 11.3. The number of aromatic hydroxyl groups is 1. The first kappa shape index (κ1) is 21.4. The molecule has 0 aliphatic carbocycles. The smallest absolute Gasteiger partial charge is 0.507 e. The van der Waals surface area contributed by atoms with Crippen molar-refractivity contribution in [2.24, 2.45) is 0 Å². The molecule has 0 saturated heterocycles. The zero-order valence-corrected chi connectivity index (χ0v) is 17.4. The highest BCUT2D eigenvalue weighted by atomic mass is 32.2. The number of hydrogen-bond acceptors (Lipinski definition) is 8. The molecule has 0 amide bonds. The zero-order valence-electron chi connectivity index (χ0n) is 16.5. The number of phenols is 1. The summed E-state index contributed by atoms with van der Waals surface area (Å²) in [4.78, 5) is 12.4. The SMILES string of the molecule is COCOc1cc(OC)cc2c(S(=O)c3ccccc3)c(OC(=O)OC)cc(O)c12. The maximum absolute atomic E-state index is 13.5. The fraction of sp³-hybridized carbons (Fsp3) is 0.190. The van der Waals surface area contributed by atoms with Crippen LogP contribution < -0.4 is 14.2 Å². The Kier molecular flexibility index (Phi) is 6.76. The number of benzene rings is 3. The van der Waals surface area contributed by atoms with Crippen molar-refractivity contribution in [1.29, 1.82) is 0 Å². The van der Waals surface area contributed by atoms with Gasteiger partial charge >= 0.3 is 6.16 Å². The molecule has 9 heteroatoms. The van der Waals surface area contributed by atoms with Crippen LogP contribution in [0.4, 0.5) is 4.79 Å². The van der Waals surface area contributed by atoms with Gasteiger partial charge in [0.2, 0.25) is 0 Å². The first-order valence-electron chi connectivity index (χ1n) is 8.72. The monoisotopic (exact) mass is 432 g/mol. The summed E-state index contributed by atoms with van der Waals surface area (Å²) >= 11 is 0. The molecule has 0 heterocycles. The van der Waals surface area contributed by atoms with Crippen molar-refractivity contribution in [3.05, 3.63) is 48.5 Å². The summed E-state index contributed by atoms with van der Waals surface area (Å²) in [7, 11) is 2.30. The highest BCUT2D eigenvalue weighted by molar-refractivity contribution is 7.85. The molecule has 0 saturated carbocycles. The number of carbonyl (C=O) groups excluding carboxylic acids is 1. The van der Waals surface area contributed by atoms with Crippen LogP contribution in [0.3, 0.4) is 0 Å². The van der Waals surface area contributed by atoms with Crippen molar-refractivity contribution in [1.82, 2.24) is 0 Å². The fourth-order valence-electron chi connectivity index (χ4n) is 2.84. The summed E-state index contributed by atoms with van der Waals surface area (Å²) in [5.74, 6) is 0.278. The standard InChI is InChI=1S/C21H20O8S/c1-25-12-28-17-10-13(26-2)9-15-19(17)16(22)11-18(29-21(23)27-3)20(15)30(24)14-7-5-4-6-8-14/h4-11,22H,12H2,1-3H3. The van der Waals surface area contributed by atoms with E-state index in [4.69, 9.17) is 18.9 Å². The van der Waals surface area contributed by atoms with E-state index in [1.807, 2.05) is 0 Å². The Labute approximate surface area is 175 Å². The quantitative estimate of drug-likeness (QED) is 0.341. The van der Waals surface area contributed by atoms with Crippen LogP contribution in [0.5, 0.6) is 23.0 Å². The first-order chi connectivity index (χ1) is 14.5. The fourth-order valence-corrected chi connectivity index (χ4v) is 4.13. The molecule has 3 aromatic rings. The predicted octanol–water partition coefficient (Wildman–Crippen LogP) is 3.85. The summed E-state index contributed by atoms with van der Waals surface area (Å²) in [6.07, 6.45) is -1.01. The van der Waals surface area contributed by atoms with Gasteiger partial charge in [0, 0.05) is 29.5 Å². The Bertz CT molecular complexity index is 1080. The Morgan fingerprint density at radius 2 is 1.77 bits per heavy atom. The molecule has 1 unspecified atom stereocenters. The molecule has 0 radical (unpaired) electrons. The minimum absolute atomic E-state index is 0.0841. The van der Waals surface area contributed by atoms with E-state index in [0.717, 1.165) is 7.11 Å². The number of phenolic OH excluding ortho intramolecular Hbond substituents is 1. The average molecular weight is 432 g/mol. The van der Waals surface area contributed by atoms with E-state index < -0.39 is 17.0 Å². The molecule has 1 atom stereocenters. The van der Waals surface area contributed by atoms with E-state index >= 15 is 0 Å². The molecule has 8 nitrogen and oxygen atoms in total. The Morgan fingerprint density at radius 1 is 1.03 bits per heavy atom. The van der Waals surface area contributed by atoms with Crippen molar-refractivity contribution in [3.8, 4) is 23.0 Å². The van der Waals surface area contributed by atoms with Gasteiger partial charge in [-0.3, -0.25) is 0 Å². The van der Waals surface area contributed by atoms with Crippen LogP contribution in [0, 0.1) is 0 Å². The third-order valence-corrected chi connectivity index (χ3v) is 5.63. The number of fused-ring (bicyclic) bond motifs is 1. The number of methoxy groups -OCH3 is 3. The van der Waals surface area contributed by atoms with Crippen LogP contribution in [0.1, 0.15) is 0 Å². The van der Waals surface area contributed by atoms with Crippen LogP contribution in [0.15, 0.2) is 58.3 Å². The minimum Gasteiger partial charge on any atom is -0.507 e. The Morgan fingerprint density at radius 3 is 2.40 bits per heavy atom. The molecule has 0 aromatic heterocycles. The highest BCUT2D eigenvalue weighted by Crippen LogP contribution is 2.45. The second-order valence-corrected chi connectivity index (χ2v) is 7.38. The second kappa shape index (κ2) is 9.47. The van der Waals surface area contributed by atoms with Crippen molar-refractivity contribution in [2.45, 2.75) is 9.79 Å². The van der Waals surface area contributed by atoms with Crippen molar-refractivity contribution in [3.63, 3.8) is 0 Å². The van der Waals surface area contributed by atoms with Gasteiger partial charge in [-0.25, -0.2) is 9.00 Å². The normalized spacial score (nSPS) is 11.7. The van der Waals surface area contributed by atoms with Gasteiger partial charge in [-0.15, -0.1) is 0 Å². The van der Waals surface area contributed by atoms with Crippen LogP contribution in [0.25, 0.3) is 10.8 Å². The molecule has 3 rings (SSSR count). The van der Waals surface area contributed by atoms with Crippen LogP contribution >= 0.6 is 0 Å². The lowest BCUT2D eigenvalue weighted by molar-refractivity contribution is 0.0520. The third kappa shape index (κ3) is 4.32. The van der Waals surface area contributed by atoms with Crippen molar-refractivity contribution >= 4 is 27.7 Å². The van der Waals surface area contributed by atoms with Gasteiger partial charge in [-0.1, -0.05) is 18.2 Å². The number of hydrogen-bond donors (Lipinski definition) is 1. The zero-order chi connectivity index (χ0) is 21.7. The summed E-state index contributed by atoms with van der Waals surface area (Å²) in [6.45, 7) is -0.0841. The lowest BCUT2D eigenvalue weighted by Gasteiger charge is -2.17.